The predicted octanol–water partition coefficient (Wildman–Crippen LogP) is 2.56. The molecule has 2 N–H and O–H groups in total. The second kappa shape index (κ2) is 5.29. The summed E-state index contributed by atoms with van der Waals surface area (Å²) in [4.78, 5) is 13.8. The molecule has 1 atom stereocenters. The molecule has 18 heavy (non-hydrogen) atoms. The largest absolute Gasteiger partial charge is 0.508 e. The number of rotatable bonds is 2. The SMILES string of the molecule is CC(c1ccc(O)cc1O)N1CCCCCC1=O. The zero-order chi connectivity index (χ0) is 13.1. The summed E-state index contributed by atoms with van der Waals surface area (Å²) in [5.74, 6) is 0.220. The average Bonchev–Trinajstić information content (AvgIpc) is 2.53. The lowest BCUT2D eigenvalue weighted by molar-refractivity contribution is -0.132. The molecule has 1 aromatic carbocycles. The fourth-order valence-corrected chi connectivity index (χ4v) is 2.47. The van der Waals surface area contributed by atoms with Crippen LogP contribution in [0.5, 0.6) is 11.5 Å². The van der Waals surface area contributed by atoms with E-state index in [1.807, 2.05) is 11.8 Å². The third-order valence-electron chi connectivity index (χ3n) is 3.54. The quantitative estimate of drug-likeness (QED) is 0.846. The van der Waals surface area contributed by atoms with Gasteiger partial charge in [-0.05, 0) is 31.9 Å². The molecule has 1 amide bonds. The van der Waals surface area contributed by atoms with Crippen molar-refractivity contribution in [2.75, 3.05) is 6.54 Å². The van der Waals surface area contributed by atoms with E-state index in [0.717, 1.165) is 25.8 Å². The number of carbonyl (C=O) groups is 1. The van der Waals surface area contributed by atoms with Gasteiger partial charge in [0.2, 0.25) is 5.91 Å². The Hall–Kier alpha value is -1.71. The van der Waals surface area contributed by atoms with Gasteiger partial charge in [0.25, 0.3) is 0 Å². The molecule has 0 spiro atoms. The Balaban J connectivity index is 2.23. The third-order valence-corrected chi connectivity index (χ3v) is 3.54. The van der Waals surface area contributed by atoms with Gasteiger partial charge in [-0.15, -0.1) is 0 Å². The summed E-state index contributed by atoms with van der Waals surface area (Å²) in [5.41, 5.74) is 0.683. The van der Waals surface area contributed by atoms with Crippen LogP contribution in [0.4, 0.5) is 0 Å². The maximum Gasteiger partial charge on any atom is 0.223 e. The van der Waals surface area contributed by atoms with Crippen molar-refractivity contribution in [2.24, 2.45) is 0 Å². The van der Waals surface area contributed by atoms with E-state index < -0.39 is 0 Å². The van der Waals surface area contributed by atoms with Crippen molar-refractivity contribution in [3.8, 4) is 11.5 Å². The number of phenols is 2. The lowest BCUT2D eigenvalue weighted by atomic mass is 10.0. The van der Waals surface area contributed by atoms with Crippen LogP contribution in [0, 0.1) is 0 Å². The Bertz CT molecular complexity index is 445. The highest BCUT2D eigenvalue weighted by Crippen LogP contribution is 2.32. The summed E-state index contributed by atoms with van der Waals surface area (Å²) >= 11 is 0. The number of amides is 1. The molecule has 0 aliphatic carbocycles. The molecular weight excluding hydrogens is 230 g/mol. The van der Waals surface area contributed by atoms with Crippen LogP contribution in [0.25, 0.3) is 0 Å². The van der Waals surface area contributed by atoms with Gasteiger partial charge in [0.05, 0.1) is 6.04 Å². The summed E-state index contributed by atoms with van der Waals surface area (Å²) in [5, 5.41) is 19.1. The number of nitrogens with zero attached hydrogens (tertiary/aromatic N) is 1. The van der Waals surface area contributed by atoms with Crippen LogP contribution in [-0.4, -0.2) is 27.6 Å². The van der Waals surface area contributed by atoms with Crippen LogP contribution < -0.4 is 0 Å². The molecule has 1 saturated heterocycles. The van der Waals surface area contributed by atoms with Crippen molar-refractivity contribution in [3.05, 3.63) is 23.8 Å². The molecule has 0 radical (unpaired) electrons. The molecule has 0 bridgehead atoms. The van der Waals surface area contributed by atoms with E-state index in [0.29, 0.717) is 12.0 Å². The first-order valence-corrected chi connectivity index (χ1v) is 6.41. The fourth-order valence-electron chi connectivity index (χ4n) is 2.47. The Labute approximate surface area is 107 Å². The average molecular weight is 249 g/mol. The fraction of sp³-hybridized carbons (Fsp3) is 0.500. The highest BCUT2D eigenvalue weighted by atomic mass is 16.3. The molecule has 0 saturated carbocycles. The van der Waals surface area contributed by atoms with Gasteiger partial charge >= 0.3 is 0 Å². The van der Waals surface area contributed by atoms with E-state index in [9.17, 15) is 15.0 Å². The first-order valence-electron chi connectivity index (χ1n) is 6.41. The van der Waals surface area contributed by atoms with Gasteiger partial charge in [-0.1, -0.05) is 6.42 Å². The van der Waals surface area contributed by atoms with E-state index in [4.69, 9.17) is 0 Å². The Morgan fingerprint density at radius 3 is 2.72 bits per heavy atom. The van der Waals surface area contributed by atoms with Crippen LogP contribution in [-0.2, 0) is 4.79 Å². The molecule has 2 rings (SSSR count). The summed E-state index contributed by atoms with van der Waals surface area (Å²) < 4.78 is 0. The second-order valence-electron chi connectivity index (χ2n) is 4.82. The molecule has 1 aromatic rings. The van der Waals surface area contributed by atoms with Crippen LogP contribution in [0.15, 0.2) is 18.2 Å². The number of likely N-dealkylation sites (tertiary alicyclic amines) is 1. The molecule has 1 unspecified atom stereocenters. The Morgan fingerprint density at radius 2 is 2.00 bits per heavy atom. The van der Waals surface area contributed by atoms with E-state index in [-0.39, 0.29) is 23.4 Å². The van der Waals surface area contributed by atoms with E-state index in [1.165, 1.54) is 12.1 Å². The van der Waals surface area contributed by atoms with Crippen molar-refractivity contribution >= 4 is 5.91 Å². The minimum absolute atomic E-state index is 0.0330. The second-order valence-corrected chi connectivity index (χ2v) is 4.82. The van der Waals surface area contributed by atoms with Gasteiger partial charge in [-0.2, -0.15) is 0 Å². The van der Waals surface area contributed by atoms with E-state index >= 15 is 0 Å². The topological polar surface area (TPSA) is 60.8 Å². The molecular formula is C14H19NO3. The van der Waals surface area contributed by atoms with Crippen molar-refractivity contribution in [1.29, 1.82) is 0 Å². The summed E-state index contributed by atoms with van der Waals surface area (Å²) in [6.45, 7) is 2.65. The lowest BCUT2D eigenvalue weighted by Gasteiger charge is -2.28. The van der Waals surface area contributed by atoms with Gasteiger partial charge in [0.15, 0.2) is 0 Å². The number of hydrogen-bond donors (Lipinski definition) is 2. The third kappa shape index (κ3) is 2.58. The normalized spacial score (nSPS) is 18.5. The smallest absolute Gasteiger partial charge is 0.223 e. The van der Waals surface area contributed by atoms with Crippen LogP contribution in [0.1, 0.15) is 44.2 Å². The highest BCUT2D eigenvalue weighted by Gasteiger charge is 2.24. The number of phenolic OH excluding ortho intramolecular Hbond substituents is 2. The molecule has 0 aromatic heterocycles. The molecule has 4 heteroatoms. The van der Waals surface area contributed by atoms with Gasteiger partial charge in [0.1, 0.15) is 11.5 Å². The molecule has 98 valence electrons. The Morgan fingerprint density at radius 1 is 1.22 bits per heavy atom. The van der Waals surface area contributed by atoms with Crippen molar-refractivity contribution in [3.63, 3.8) is 0 Å². The zero-order valence-corrected chi connectivity index (χ0v) is 10.6. The predicted molar refractivity (Wildman–Crippen MR) is 68.4 cm³/mol. The number of aromatic hydroxyl groups is 2. The molecule has 4 nitrogen and oxygen atoms in total. The van der Waals surface area contributed by atoms with E-state index in [2.05, 4.69) is 0 Å². The van der Waals surface area contributed by atoms with Crippen molar-refractivity contribution in [2.45, 2.75) is 38.6 Å². The summed E-state index contributed by atoms with van der Waals surface area (Å²) in [6, 6.07) is 4.37. The van der Waals surface area contributed by atoms with Crippen molar-refractivity contribution in [1.82, 2.24) is 4.90 Å². The Kier molecular flexibility index (Phi) is 3.75. The van der Waals surface area contributed by atoms with Crippen LogP contribution in [0.2, 0.25) is 0 Å². The van der Waals surface area contributed by atoms with E-state index in [1.54, 1.807) is 6.07 Å². The van der Waals surface area contributed by atoms with Gasteiger partial charge < -0.3 is 15.1 Å². The first kappa shape index (κ1) is 12.7. The maximum absolute atomic E-state index is 12.0. The van der Waals surface area contributed by atoms with Crippen LogP contribution >= 0.6 is 0 Å². The van der Waals surface area contributed by atoms with Crippen LogP contribution in [0.3, 0.4) is 0 Å². The maximum atomic E-state index is 12.0. The first-order chi connectivity index (χ1) is 8.59. The van der Waals surface area contributed by atoms with Gasteiger partial charge in [-0.3, -0.25) is 4.79 Å². The number of carbonyl (C=O) groups excluding carboxylic acids is 1. The molecule has 1 aliphatic rings. The molecule has 1 fully saturated rings. The minimum atomic E-state index is -0.156. The lowest BCUT2D eigenvalue weighted by Crippen LogP contribution is -2.32. The van der Waals surface area contributed by atoms with Gasteiger partial charge in [-0.25, -0.2) is 0 Å². The summed E-state index contributed by atoms with van der Waals surface area (Å²) in [6.07, 6.45) is 3.62. The standard InChI is InChI=1S/C14H19NO3/c1-10(12-7-6-11(16)9-13(12)17)15-8-4-2-3-5-14(15)18/h6-7,9-10,16-17H,2-5,8H2,1H3. The van der Waals surface area contributed by atoms with Crippen molar-refractivity contribution < 1.29 is 15.0 Å². The zero-order valence-electron chi connectivity index (χ0n) is 10.6. The molecule has 1 aliphatic heterocycles. The van der Waals surface area contributed by atoms with Gasteiger partial charge in [0, 0.05) is 24.6 Å². The highest BCUT2D eigenvalue weighted by molar-refractivity contribution is 5.77. The minimum Gasteiger partial charge on any atom is -0.508 e. The molecule has 1 heterocycles. The summed E-state index contributed by atoms with van der Waals surface area (Å²) in [7, 11) is 0. The monoisotopic (exact) mass is 249 g/mol. The number of benzene rings is 1. The number of hydrogen-bond acceptors (Lipinski definition) is 3.